The topological polar surface area (TPSA) is 30.8 Å². The molecule has 0 aromatic heterocycles. The summed E-state index contributed by atoms with van der Waals surface area (Å²) in [5.74, 6) is 0. The normalized spacial score (nSPS) is 34.5. The average molecular weight is 259 g/mol. The Kier molecular flexibility index (Phi) is 3.42. The van der Waals surface area contributed by atoms with Gasteiger partial charge in [0.2, 0.25) is 0 Å². The predicted octanol–water partition coefficient (Wildman–Crippen LogP) is 3.18. The van der Waals surface area contributed by atoms with Crippen molar-refractivity contribution in [2.75, 3.05) is 7.11 Å². The van der Waals surface area contributed by atoms with Gasteiger partial charge in [0, 0.05) is 19.2 Å². The smallest absolute Gasteiger partial charge is 0.185 e. The third kappa shape index (κ3) is 2.33. The van der Waals surface area contributed by atoms with Gasteiger partial charge in [0.25, 0.3) is 0 Å². The van der Waals surface area contributed by atoms with Gasteiger partial charge >= 0.3 is 0 Å². The van der Waals surface area contributed by atoms with Crippen LogP contribution in [-0.4, -0.2) is 30.8 Å². The fourth-order valence-electron chi connectivity index (χ4n) is 3.19. The lowest BCUT2D eigenvalue weighted by Gasteiger charge is -2.38. The molecule has 3 heteroatoms. The lowest BCUT2D eigenvalue weighted by Crippen LogP contribution is -2.46. The number of hydrogen-bond donors (Lipinski definition) is 0. The Bertz CT molecular complexity index is 471. The Morgan fingerprint density at radius 2 is 2.11 bits per heavy atom. The van der Waals surface area contributed by atoms with Crippen molar-refractivity contribution in [3.63, 3.8) is 0 Å². The quantitative estimate of drug-likeness (QED) is 0.816. The van der Waals surface area contributed by atoms with Crippen LogP contribution < -0.4 is 0 Å². The molecule has 0 amide bonds. The number of nitrogens with zero attached hydrogens (tertiary/aromatic N) is 1. The molecule has 102 valence electrons. The van der Waals surface area contributed by atoms with Gasteiger partial charge in [0.05, 0.1) is 6.10 Å². The first-order chi connectivity index (χ1) is 9.23. The average Bonchev–Trinajstić information content (AvgIpc) is 2.78. The molecular formula is C16H21NO2. The van der Waals surface area contributed by atoms with E-state index in [1.165, 1.54) is 5.56 Å². The number of aliphatic imine (C=N–C) groups is 1. The molecule has 0 N–H and O–H groups in total. The van der Waals surface area contributed by atoms with Crippen LogP contribution in [0.1, 0.15) is 38.2 Å². The highest BCUT2D eigenvalue weighted by Gasteiger charge is 2.48. The second-order valence-electron chi connectivity index (χ2n) is 5.52. The molecule has 2 aliphatic rings. The molecule has 0 saturated carbocycles. The van der Waals surface area contributed by atoms with Gasteiger partial charge < -0.3 is 9.47 Å². The maximum Gasteiger partial charge on any atom is 0.185 e. The molecule has 19 heavy (non-hydrogen) atoms. The summed E-state index contributed by atoms with van der Waals surface area (Å²) in [5, 5.41) is 0. The van der Waals surface area contributed by atoms with Crippen LogP contribution in [0.2, 0.25) is 0 Å². The van der Waals surface area contributed by atoms with Crippen LogP contribution in [0.5, 0.6) is 0 Å². The summed E-state index contributed by atoms with van der Waals surface area (Å²) in [6, 6.07) is 10.3. The van der Waals surface area contributed by atoms with E-state index >= 15 is 0 Å². The Morgan fingerprint density at radius 1 is 1.32 bits per heavy atom. The lowest BCUT2D eigenvalue weighted by atomic mass is 9.94. The Labute approximate surface area is 114 Å². The van der Waals surface area contributed by atoms with Crippen molar-refractivity contribution in [2.24, 2.45) is 4.99 Å². The molecule has 0 aliphatic carbocycles. The van der Waals surface area contributed by atoms with Crippen LogP contribution >= 0.6 is 0 Å². The highest BCUT2D eigenvalue weighted by molar-refractivity contribution is 6.02. The summed E-state index contributed by atoms with van der Waals surface area (Å²) in [4.78, 5) is 4.92. The van der Waals surface area contributed by atoms with Crippen LogP contribution in [0.3, 0.4) is 0 Å². The summed E-state index contributed by atoms with van der Waals surface area (Å²) in [6.07, 6.45) is 4.40. The summed E-state index contributed by atoms with van der Waals surface area (Å²) in [5.41, 5.74) is 1.85. The van der Waals surface area contributed by atoms with Crippen molar-refractivity contribution in [1.29, 1.82) is 0 Å². The van der Waals surface area contributed by atoms with E-state index < -0.39 is 5.72 Å². The van der Waals surface area contributed by atoms with Crippen molar-refractivity contribution < 1.29 is 9.47 Å². The summed E-state index contributed by atoms with van der Waals surface area (Å²) < 4.78 is 11.8. The van der Waals surface area contributed by atoms with Crippen molar-refractivity contribution >= 4 is 5.71 Å². The standard InChI is InChI=1S/C16H21NO2/c1-12-7-6-10-16(19-12)15(18-2)11-14(17-16)13-8-4-3-5-9-13/h3-5,8-9,12,15H,6-7,10-11H2,1-2H3/t12?,15-,16?/m0/s1. The van der Waals surface area contributed by atoms with Crippen LogP contribution in [0.4, 0.5) is 0 Å². The van der Waals surface area contributed by atoms with Crippen LogP contribution in [0, 0.1) is 0 Å². The second kappa shape index (κ2) is 5.06. The van der Waals surface area contributed by atoms with E-state index in [0.29, 0.717) is 0 Å². The van der Waals surface area contributed by atoms with Crippen molar-refractivity contribution in [2.45, 2.75) is 50.5 Å². The zero-order chi connectivity index (χ0) is 13.3. The molecule has 3 nitrogen and oxygen atoms in total. The number of hydrogen-bond acceptors (Lipinski definition) is 3. The van der Waals surface area contributed by atoms with Crippen LogP contribution in [0.25, 0.3) is 0 Å². The first kappa shape index (κ1) is 12.8. The first-order valence-electron chi connectivity index (χ1n) is 7.08. The maximum atomic E-state index is 6.18. The molecule has 0 bridgehead atoms. The van der Waals surface area contributed by atoms with Crippen molar-refractivity contribution in [3.05, 3.63) is 35.9 Å². The third-order valence-corrected chi connectivity index (χ3v) is 4.15. The fourth-order valence-corrected chi connectivity index (χ4v) is 3.19. The summed E-state index contributed by atoms with van der Waals surface area (Å²) in [7, 11) is 1.76. The zero-order valence-electron chi connectivity index (χ0n) is 11.6. The first-order valence-corrected chi connectivity index (χ1v) is 7.08. The molecule has 1 saturated heterocycles. The Balaban J connectivity index is 1.92. The molecule has 1 spiro atoms. The van der Waals surface area contributed by atoms with E-state index in [4.69, 9.17) is 14.5 Å². The maximum absolute atomic E-state index is 6.18. The van der Waals surface area contributed by atoms with Crippen LogP contribution in [-0.2, 0) is 9.47 Å². The Hall–Kier alpha value is -1.19. The Morgan fingerprint density at radius 3 is 2.79 bits per heavy atom. The number of rotatable bonds is 2. The van der Waals surface area contributed by atoms with E-state index in [0.717, 1.165) is 31.4 Å². The molecule has 1 aromatic carbocycles. The second-order valence-corrected chi connectivity index (χ2v) is 5.52. The molecule has 1 aromatic rings. The molecule has 3 atom stereocenters. The fraction of sp³-hybridized carbons (Fsp3) is 0.562. The lowest BCUT2D eigenvalue weighted by molar-refractivity contribution is -0.172. The molecular weight excluding hydrogens is 238 g/mol. The van der Waals surface area contributed by atoms with Gasteiger partial charge in [0.15, 0.2) is 5.72 Å². The third-order valence-electron chi connectivity index (χ3n) is 4.15. The van der Waals surface area contributed by atoms with Gasteiger partial charge in [-0.05, 0) is 31.7 Å². The van der Waals surface area contributed by atoms with Gasteiger partial charge in [-0.2, -0.15) is 0 Å². The minimum atomic E-state index is -0.447. The number of benzene rings is 1. The molecule has 2 heterocycles. The monoisotopic (exact) mass is 259 g/mol. The SMILES string of the molecule is CO[C@H]1CC(c2ccccc2)=NC12CCCC(C)O2. The predicted molar refractivity (Wildman–Crippen MR) is 75.5 cm³/mol. The van der Waals surface area contributed by atoms with Crippen LogP contribution in [0.15, 0.2) is 35.3 Å². The van der Waals surface area contributed by atoms with E-state index in [1.807, 2.05) is 6.07 Å². The summed E-state index contributed by atoms with van der Waals surface area (Å²) >= 11 is 0. The van der Waals surface area contributed by atoms with Gasteiger partial charge in [-0.25, -0.2) is 0 Å². The minimum absolute atomic E-state index is 0.0467. The van der Waals surface area contributed by atoms with Gasteiger partial charge in [0.1, 0.15) is 6.10 Å². The molecule has 1 fully saturated rings. The molecule has 3 rings (SSSR count). The van der Waals surface area contributed by atoms with Gasteiger partial charge in [-0.15, -0.1) is 0 Å². The zero-order valence-corrected chi connectivity index (χ0v) is 11.6. The highest BCUT2D eigenvalue weighted by Crippen LogP contribution is 2.40. The minimum Gasteiger partial charge on any atom is -0.376 e. The van der Waals surface area contributed by atoms with E-state index in [2.05, 4.69) is 31.2 Å². The van der Waals surface area contributed by atoms with Crippen molar-refractivity contribution in [3.8, 4) is 0 Å². The number of methoxy groups -OCH3 is 1. The largest absolute Gasteiger partial charge is 0.376 e. The number of ether oxygens (including phenoxy) is 2. The molecule has 0 radical (unpaired) electrons. The van der Waals surface area contributed by atoms with Gasteiger partial charge in [-0.3, -0.25) is 4.99 Å². The molecule has 2 aliphatic heterocycles. The van der Waals surface area contributed by atoms with Gasteiger partial charge in [-0.1, -0.05) is 30.3 Å². The highest BCUT2D eigenvalue weighted by atomic mass is 16.6. The summed E-state index contributed by atoms with van der Waals surface area (Å²) in [6.45, 7) is 2.13. The molecule has 2 unspecified atom stereocenters. The van der Waals surface area contributed by atoms with E-state index in [1.54, 1.807) is 7.11 Å². The van der Waals surface area contributed by atoms with E-state index in [-0.39, 0.29) is 12.2 Å². The van der Waals surface area contributed by atoms with E-state index in [9.17, 15) is 0 Å². The van der Waals surface area contributed by atoms with Crippen molar-refractivity contribution in [1.82, 2.24) is 0 Å².